The average molecular weight is 246 g/mol. The Hall–Kier alpha value is -0.220. The first kappa shape index (κ1) is 13.2. The van der Waals surface area contributed by atoms with E-state index in [4.69, 9.17) is 0 Å². The molecule has 0 aromatic carbocycles. The van der Waals surface area contributed by atoms with E-state index >= 15 is 0 Å². The molecule has 1 saturated heterocycles. The third kappa shape index (κ3) is 3.88. The van der Waals surface area contributed by atoms with Crippen molar-refractivity contribution < 1.29 is 8.78 Å². The van der Waals surface area contributed by atoms with Crippen LogP contribution < -0.4 is 5.32 Å². The van der Waals surface area contributed by atoms with Crippen LogP contribution in [0.5, 0.6) is 0 Å². The summed E-state index contributed by atoms with van der Waals surface area (Å²) in [5.41, 5.74) is 0. The molecule has 100 valence electrons. The van der Waals surface area contributed by atoms with Crippen LogP contribution in [-0.4, -0.2) is 43.0 Å². The molecule has 1 heterocycles. The quantitative estimate of drug-likeness (QED) is 0.774. The van der Waals surface area contributed by atoms with Crippen LogP contribution in [0.15, 0.2) is 0 Å². The monoisotopic (exact) mass is 246 g/mol. The highest BCUT2D eigenvalue weighted by Gasteiger charge is 2.35. The topological polar surface area (TPSA) is 15.3 Å². The Bertz CT molecular complexity index is 231. The zero-order chi connectivity index (χ0) is 12.3. The van der Waals surface area contributed by atoms with Crippen LogP contribution in [0.3, 0.4) is 0 Å². The molecule has 0 bridgehead atoms. The van der Waals surface area contributed by atoms with E-state index < -0.39 is 6.43 Å². The Morgan fingerprint density at radius 1 is 1.29 bits per heavy atom. The first-order chi connectivity index (χ1) is 8.20. The van der Waals surface area contributed by atoms with E-state index in [9.17, 15) is 8.78 Å². The summed E-state index contributed by atoms with van der Waals surface area (Å²) in [6.45, 7) is 4.21. The Labute approximate surface area is 103 Å². The maximum absolute atomic E-state index is 12.2. The number of hydrogen-bond acceptors (Lipinski definition) is 2. The van der Waals surface area contributed by atoms with Crippen LogP contribution in [0.1, 0.15) is 39.0 Å². The molecule has 1 N–H and O–H groups in total. The van der Waals surface area contributed by atoms with E-state index in [1.807, 2.05) is 0 Å². The number of hydrogen-bond donors (Lipinski definition) is 1. The van der Waals surface area contributed by atoms with Crippen LogP contribution in [0.4, 0.5) is 8.78 Å². The second-order valence-corrected chi connectivity index (χ2v) is 5.45. The van der Waals surface area contributed by atoms with Gasteiger partial charge < -0.3 is 5.32 Å². The number of nitrogens with one attached hydrogen (secondary N) is 1. The summed E-state index contributed by atoms with van der Waals surface area (Å²) in [7, 11) is 0. The van der Waals surface area contributed by atoms with Gasteiger partial charge in [0.1, 0.15) is 0 Å². The molecule has 0 amide bonds. The van der Waals surface area contributed by atoms with Crippen molar-refractivity contribution in [2.45, 2.75) is 57.5 Å². The summed E-state index contributed by atoms with van der Waals surface area (Å²) in [5.74, 6) is 0.883. The predicted molar refractivity (Wildman–Crippen MR) is 65.4 cm³/mol. The summed E-state index contributed by atoms with van der Waals surface area (Å²) in [5, 5.41) is 3.00. The fraction of sp³-hybridized carbons (Fsp3) is 1.00. The molecule has 17 heavy (non-hydrogen) atoms. The Kier molecular flexibility index (Phi) is 4.74. The lowest BCUT2D eigenvalue weighted by molar-refractivity contribution is 0.100. The van der Waals surface area contributed by atoms with Gasteiger partial charge in [-0.15, -0.1) is 0 Å². The van der Waals surface area contributed by atoms with Crippen molar-refractivity contribution in [3.8, 4) is 0 Å². The van der Waals surface area contributed by atoms with Crippen molar-refractivity contribution in [1.29, 1.82) is 0 Å². The van der Waals surface area contributed by atoms with E-state index in [2.05, 4.69) is 17.1 Å². The molecule has 0 aromatic rings. The fourth-order valence-electron chi connectivity index (χ4n) is 3.10. The molecule has 2 rings (SSSR count). The number of halogens is 2. The lowest BCUT2D eigenvalue weighted by Crippen LogP contribution is -2.50. The molecule has 4 heteroatoms. The van der Waals surface area contributed by atoms with Gasteiger partial charge >= 0.3 is 0 Å². The summed E-state index contributed by atoms with van der Waals surface area (Å²) in [6.07, 6.45) is 3.89. The van der Waals surface area contributed by atoms with Crippen molar-refractivity contribution in [1.82, 2.24) is 10.2 Å². The van der Waals surface area contributed by atoms with Gasteiger partial charge in [-0.3, -0.25) is 4.90 Å². The van der Waals surface area contributed by atoms with Gasteiger partial charge in [-0.1, -0.05) is 6.92 Å². The normalized spacial score (nSPS) is 28.6. The maximum atomic E-state index is 12.2. The standard InChI is InChI=1S/C13H24F2N2/c1-2-12(10-5-6-10)17-7-3-4-11(9-17)16-8-13(14)15/h10-13,16H,2-9H2,1H3. The smallest absolute Gasteiger partial charge is 0.250 e. The molecule has 0 radical (unpaired) electrons. The van der Waals surface area contributed by atoms with Gasteiger partial charge in [0.25, 0.3) is 6.43 Å². The van der Waals surface area contributed by atoms with E-state index in [1.165, 1.54) is 19.3 Å². The number of alkyl halides is 2. The van der Waals surface area contributed by atoms with Gasteiger partial charge in [-0.25, -0.2) is 8.78 Å². The summed E-state index contributed by atoms with van der Waals surface area (Å²) in [4.78, 5) is 2.53. The van der Waals surface area contributed by atoms with Gasteiger partial charge in [0, 0.05) is 18.6 Å². The van der Waals surface area contributed by atoms with E-state index in [-0.39, 0.29) is 12.6 Å². The molecule has 2 unspecified atom stereocenters. The first-order valence-electron chi connectivity index (χ1n) is 6.96. The van der Waals surface area contributed by atoms with Crippen molar-refractivity contribution in [2.24, 2.45) is 5.92 Å². The van der Waals surface area contributed by atoms with Crippen molar-refractivity contribution >= 4 is 0 Å². The van der Waals surface area contributed by atoms with E-state index in [0.29, 0.717) is 6.04 Å². The lowest BCUT2D eigenvalue weighted by atomic mass is 10.00. The predicted octanol–water partition coefficient (Wildman–Crippen LogP) is 2.49. The highest BCUT2D eigenvalue weighted by atomic mass is 19.3. The molecule has 0 aromatic heterocycles. The third-order valence-electron chi connectivity index (χ3n) is 4.07. The average Bonchev–Trinajstić information content (AvgIpc) is 3.12. The third-order valence-corrected chi connectivity index (χ3v) is 4.07. The number of likely N-dealkylation sites (tertiary alicyclic amines) is 1. The molecule has 2 nitrogen and oxygen atoms in total. The zero-order valence-corrected chi connectivity index (χ0v) is 10.7. The summed E-state index contributed by atoms with van der Waals surface area (Å²) in [6, 6.07) is 0.969. The van der Waals surface area contributed by atoms with Crippen molar-refractivity contribution in [2.75, 3.05) is 19.6 Å². The second kappa shape index (κ2) is 6.10. The van der Waals surface area contributed by atoms with Gasteiger partial charge in [-0.2, -0.15) is 0 Å². The second-order valence-electron chi connectivity index (χ2n) is 5.45. The van der Waals surface area contributed by atoms with Gasteiger partial charge in [0.15, 0.2) is 0 Å². The largest absolute Gasteiger partial charge is 0.307 e. The molecule has 0 spiro atoms. The molecule has 2 fully saturated rings. The van der Waals surface area contributed by atoms with Gasteiger partial charge in [0.05, 0.1) is 6.54 Å². The molecular formula is C13H24F2N2. The minimum Gasteiger partial charge on any atom is -0.307 e. The highest BCUT2D eigenvalue weighted by molar-refractivity contribution is 4.91. The van der Waals surface area contributed by atoms with Crippen molar-refractivity contribution in [3.05, 3.63) is 0 Å². The number of piperidine rings is 1. The Morgan fingerprint density at radius 2 is 2.06 bits per heavy atom. The van der Waals surface area contributed by atoms with E-state index in [1.54, 1.807) is 0 Å². The lowest BCUT2D eigenvalue weighted by Gasteiger charge is -2.38. The van der Waals surface area contributed by atoms with Gasteiger partial charge in [0.2, 0.25) is 0 Å². The van der Waals surface area contributed by atoms with Crippen molar-refractivity contribution in [3.63, 3.8) is 0 Å². The molecule has 2 aliphatic rings. The van der Waals surface area contributed by atoms with Gasteiger partial charge in [-0.05, 0) is 44.6 Å². The van der Waals surface area contributed by atoms with Crippen LogP contribution in [0.25, 0.3) is 0 Å². The minimum absolute atomic E-state index is 0.154. The molecule has 1 saturated carbocycles. The maximum Gasteiger partial charge on any atom is 0.250 e. The summed E-state index contributed by atoms with van der Waals surface area (Å²) >= 11 is 0. The zero-order valence-electron chi connectivity index (χ0n) is 10.7. The molecule has 1 aliphatic heterocycles. The Balaban J connectivity index is 1.79. The molecular weight excluding hydrogens is 222 g/mol. The van der Waals surface area contributed by atoms with Crippen LogP contribution >= 0.6 is 0 Å². The molecule has 1 aliphatic carbocycles. The Morgan fingerprint density at radius 3 is 2.65 bits per heavy atom. The van der Waals surface area contributed by atoms with Crippen LogP contribution in [0, 0.1) is 5.92 Å². The fourth-order valence-corrected chi connectivity index (χ4v) is 3.10. The summed E-state index contributed by atoms with van der Waals surface area (Å²) < 4.78 is 24.3. The molecule has 2 atom stereocenters. The highest BCUT2D eigenvalue weighted by Crippen LogP contribution is 2.37. The SMILES string of the molecule is CCC(C1CC1)N1CCCC(NCC(F)F)C1. The number of nitrogens with zero attached hydrogens (tertiary/aromatic N) is 1. The first-order valence-corrected chi connectivity index (χ1v) is 6.96. The van der Waals surface area contributed by atoms with Crippen LogP contribution in [0.2, 0.25) is 0 Å². The minimum atomic E-state index is -2.23. The number of rotatable bonds is 6. The van der Waals surface area contributed by atoms with Crippen LogP contribution in [-0.2, 0) is 0 Å². The van der Waals surface area contributed by atoms with E-state index in [0.717, 1.165) is 31.8 Å².